The third-order valence-electron chi connectivity index (χ3n) is 3.61. The molecule has 0 spiro atoms. The molecule has 0 saturated heterocycles. The first-order valence-electron chi connectivity index (χ1n) is 7.88. The van der Waals surface area contributed by atoms with Gasteiger partial charge in [0.05, 0.1) is 13.7 Å². The van der Waals surface area contributed by atoms with Crippen molar-refractivity contribution in [2.75, 3.05) is 20.2 Å². The van der Waals surface area contributed by atoms with Crippen LogP contribution in [-0.4, -0.2) is 26.2 Å². The number of guanidine groups is 1. The van der Waals surface area contributed by atoms with Gasteiger partial charge in [0, 0.05) is 13.1 Å². The van der Waals surface area contributed by atoms with E-state index in [0.29, 0.717) is 12.5 Å². The van der Waals surface area contributed by atoms with Crippen LogP contribution >= 0.6 is 24.0 Å². The monoisotopic (exact) mass is 419 g/mol. The zero-order chi connectivity index (χ0) is 15.5. The SMILES string of the molecule is CCNC(=NCc1cccc(OC)c1)NCC(CC)CC.I. The van der Waals surface area contributed by atoms with Gasteiger partial charge in [-0.25, -0.2) is 4.99 Å². The highest BCUT2D eigenvalue weighted by atomic mass is 127. The Labute approximate surface area is 152 Å². The summed E-state index contributed by atoms with van der Waals surface area (Å²) in [6.07, 6.45) is 2.39. The normalized spacial score (nSPS) is 11.0. The van der Waals surface area contributed by atoms with Crippen LogP contribution in [-0.2, 0) is 6.54 Å². The lowest BCUT2D eigenvalue weighted by molar-refractivity contribution is 0.414. The number of rotatable bonds is 8. The molecule has 22 heavy (non-hydrogen) atoms. The molecule has 1 aromatic rings. The molecule has 0 aliphatic carbocycles. The Balaban J connectivity index is 0.00000441. The van der Waals surface area contributed by atoms with Gasteiger partial charge in [-0.05, 0) is 30.5 Å². The summed E-state index contributed by atoms with van der Waals surface area (Å²) < 4.78 is 5.24. The van der Waals surface area contributed by atoms with Crippen LogP contribution in [0.5, 0.6) is 5.75 Å². The van der Waals surface area contributed by atoms with E-state index in [0.717, 1.165) is 30.4 Å². The van der Waals surface area contributed by atoms with Gasteiger partial charge in [0.15, 0.2) is 5.96 Å². The van der Waals surface area contributed by atoms with E-state index in [-0.39, 0.29) is 24.0 Å². The lowest BCUT2D eigenvalue weighted by Crippen LogP contribution is -2.39. The number of hydrogen-bond acceptors (Lipinski definition) is 2. The highest BCUT2D eigenvalue weighted by Crippen LogP contribution is 2.13. The zero-order valence-electron chi connectivity index (χ0n) is 14.2. The number of halogens is 1. The highest BCUT2D eigenvalue weighted by molar-refractivity contribution is 14.0. The molecular weight excluding hydrogens is 389 g/mol. The first-order valence-corrected chi connectivity index (χ1v) is 7.88. The Bertz CT molecular complexity index is 434. The number of hydrogen-bond donors (Lipinski definition) is 2. The Morgan fingerprint density at radius 1 is 1.18 bits per heavy atom. The van der Waals surface area contributed by atoms with Crippen molar-refractivity contribution in [2.45, 2.75) is 40.2 Å². The van der Waals surface area contributed by atoms with Gasteiger partial charge in [-0.15, -0.1) is 24.0 Å². The maximum absolute atomic E-state index is 5.24. The van der Waals surface area contributed by atoms with E-state index >= 15 is 0 Å². The summed E-state index contributed by atoms with van der Waals surface area (Å²) in [5.74, 6) is 2.45. The average molecular weight is 419 g/mol. The molecule has 0 aliphatic rings. The molecule has 1 aromatic carbocycles. The van der Waals surface area contributed by atoms with Crippen LogP contribution < -0.4 is 15.4 Å². The van der Waals surface area contributed by atoms with Crippen molar-refractivity contribution >= 4 is 29.9 Å². The minimum absolute atomic E-state index is 0. The van der Waals surface area contributed by atoms with E-state index in [1.54, 1.807) is 7.11 Å². The fourth-order valence-corrected chi connectivity index (χ4v) is 2.10. The van der Waals surface area contributed by atoms with Gasteiger partial charge in [0.2, 0.25) is 0 Å². The summed E-state index contributed by atoms with van der Waals surface area (Å²) in [4.78, 5) is 4.64. The van der Waals surface area contributed by atoms with Gasteiger partial charge in [-0.2, -0.15) is 0 Å². The van der Waals surface area contributed by atoms with Crippen molar-refractivity contribution in [3.8, 4) is 5.75 Å². The van der Waals surface area contributed by atoms with Gasteiger partial charge in [0.25, 0.3) is 0 Å². The van der Waals surface area contributed by atoms with Crippen molar-refractivity contribution in [3.63, 3.8) is 0 Å². The Morgan fingerprint density at radius 2 is 1.91 bits per heavy atom. The minimum atomic E-state index is 0. The molecule has 0 aliphatic heterocycles. The quantitative estimate of drug-likeness (QED) is 0.383. The Kier molecular flexibility index (Phi) is 12.0. The molecule has 126 valence electrons. The smallest absolute Gasteiger partial charge is 0.191 e. The highest BCUT2D eigenvalue weighted by Gasteiger charge is 2.04. The fourth-order valence-electron chi connectivity index (χ4n) is 2.10. The van der Waals surface area contributed by atoms with Gasteiger partial charge in [-0.1, -0.05) is 38.8 Å². The van der Waals surface area contributed by atoms with E-state index in [9.17, 15) is 0 Å². The first kappa shape index (κ1) is 21.0. The first-order chi connectivity index (χ1) is 10.2. The van der Waals surface area contributed by atoms with Crippen LogP contribution in [0.1, 0.15) is 39.2 Å². The van der Waals surface area contributed by atoms with E-state index in [1.807, 2.05) is 18.2 Å². The molecule has 1 rings (SSSR count). The zero-order valence-corrected chi connectivity index (χ0v) is 16.5. The van der Waals surface area contributed by atoms with Crippen LogP contribution in [0.3, 0.4) is 0 Å². The van der Waals surface area contributed by atoms with Crippen molar-refractivity contribution in [2.24, 2.45) is 10.9 Å². The molecule has 0 atom stereocenters. The molecule has 0 aromatic heterocycles. The van der Waals surface area contributed by atoms with Gasteiger partial charge in [0.1, 0.15) is 5.75 Å². The molecule has 0 saturated carbocycles. The number of nitrogens with zero attached hydrogens (tertiary/aromatic N) is 1. The summed E-state index contributed by atoms with van der Waals surface area (Å²) in [5.41, 5.74) is 1.15. The van der Waals surface area contributed by atoms with Crippen LogP contribution in [0.2, 0.25) is 0 Å². The summed E-state index contributed by atoms with van der Waals surface area (Å²) in [5, 5.41) is 6.72. The molecule has 0 heterocycles. The number of benzene rings is 1. The van der Waals surface area contributed by atoms with E-state index in [1.165, 1.54) is 12.8 Å². The topological polar surface area (TPSA) is 45.7 Å². The minimum Gasteiger partial charge on any atom is -0.497 e. The molecule has 0 fully saturated rings. The number of methoxy groups -OCH3 is 1. The third kappa shape index (κ3) is 7.87. The molecule has 2 N–H and O–H groups in total. The fraction of sp³-hybridized carbons (Fsp3) is 0.588. The van der Waals surface area contributed by atoms with Crippen molar-refractivity contribution in [1.29, 1.82) is 0 Å². The molecule has 5 heteroatoms. The van der Waals surface area contributed by atoms with Crippen molar-refractivity contribution in [3.05, 3.63) is 29.8 Å². The maximum atomic E-state index is 5.24. The Morgan fingerprint density at radius 3 is 2.50 bits per heavy atom. The van der Waals surface area contributed by atoms with Crippen molar-refractivity contribution < 1.29 is 4.74 Å². The second-order valence-corrected chi connectivity index (χ2v) is 5.11. The van der Waals surface area contributed by atoms with E-state index in [4.69, 9.17) is 4.74 Å². The van der Waals surface area contributed by atoms with Crippen LogP contribution in [0.15, 0.2) is 29.3 Å². The lowest BCUT2D eigenvalue weighted by Gasteiger charge is -2.16. The van der Waals surface area contributed by atoms with E-state index < -0.39 is 0 Å². The van der Waals surface area contributed by atoms with E-state index in [2.05, 4.69) is 42.5 Å². The van der Waals surface area contributed by atoms with Crippen LogP contribution in [0.4, 0.5) is 0 Å². The molecule has 0 amide bonds. The van der Waals surface area contributed by atoms with Gasteiger partial charge < -0.3 is 15.4 Å². The summed E-state index contributed by atoms with van der Waals surface area (Å²) in [6.45, 7) is 9.03. The van der Waals surface area contributed by atoms with Gasteiger partial charge in [-0.3, -0.25) is 0 Å². The molecule has 0 unspecified atom stereocenters. The van der Waals surface area contributed by atoms with Crippen LogP contribution in [0.25, 0.3) is 0 Å². The van der Waals surface area contributed by atoms with Crippen molar-refractivity contribution in [1.82, 2.24) is 10.6 Å². The molecule has 4 nitrogen and oxygen atoms in total. The number of nitrogens with one attached hydrogen (secondary N) is 2. The summed E-state index contributed by atoms with van der Waals surface area (Å²) in [7, 11) is 1.68. The predicted octanol–water partition coefficient (Wildman–Crippen LogP) is 3.80. The third-order valence-corrected chi connectivity index (χ3v) is 3.61. The lowest BCUT2D eigenvalue weighted by atomic mass is 10.0. The predicted molar refractivity (Wildman–Crippen MR) is 105 cm³/mol. The molecule has 0 bridgehead atoms. The second-order valence-electron chi connectivity index (χ2n) is 5.11. The number of ether oxygens (including phenoxy) is 1. The number of aliphatic imine (C=N–C) groups is 1. The molecular formula is C17H30IN3O. The standard InChI is InChI=1S/C17H29N3O.HI/c1-5-14(6-2)12-19-17(18-7-3)20-13-15-9-8-10-16(11-15)21-4;/h8-11,14H,5-7,12-13H2,1-4H3,(H2,18,19,20);1H. The summed E-state index contributed by atoms with van der Waals surface area (Å²) >= 11 is 0. The summed E-state index contributed by atoms with van der Waals surface area (Å²) in [6, 6.07) is 8.03. The maximum Gasteiger partial charge on any atom is 0.191 e. The largest absolute Gasteiger partial charge is 0.497 e. The molecule has 0 radical (unpaired) electrons. The van der Waals surface area contributed by atoms with Crippen LogP contribution in [0, 0.1) is 5.92 Å². The van der Waals surface area contributed by atoms with Gasteiger partial charge >= 0.3 is 0 Å². The second kappa shape index (κ2) is 12.6. The average Bonchev–Trinajstić information content (AvgIpc) is 2.53. The Hall–Kier alpha value is -0.980.